The molecule has 0 bridgehead atoms. The topological polar surface area (TPSA) is 66.4 Å². The van der Waals surface area contributed by atoms with Crippen LogP contribution in [0.5, 0.6) is 0 Å². The van der Waals surface area contributed by atoms with E-state index in [0.29, 0.717) is 5.56 Å². The van der Waals surface area contributed by atoms with Crippen LogP contribution in [0.1, 0.15) is 33.3 Å². The minimum absolute atomic E-state index is 0.0613. The minimum Gasteiger partial charge on any atom is -0.392 e. The van der Waals surface area contributed by atoms with Crippen LogP contribution in [-0.4, -0.2) is 19.6 Å². The fourth-order valence-corrected chi connectivity index (χ4v) is 4.37. The number of aliphatic hydroxyl groups excluding tert-OH is 1. The van der Waals surface area contributed by atoms with Gasteiger partial charge in [-0.25, -0.2) is 13.1 Å². The fourth-order valence-electron chi connectivity index (χ4n) is 2.61. The maximum atomic E-state index is 12.4. The van der Waals surface area contributed by atoms with E-state index < -0.39 is 10.0 Å². The third-order valence-electron chi connectivity index (χ3n) is 4.73. The molecule has 4 nitrogen and oxygen atoms in total. The zero-order valence-electron chi connectivity index (χ0n) is 11.8. The Bertz CT molecular complexity index is 576. The lowest BCUT2D eigenvalue weighted by Gasteiger charge is -2.11. The van der Waals surface area contributed by atoms with Crippen LogP contribution in [0.2, 0.25) is 0 Å². The highest BCUT2D eigenvalue weighted by Crippen LogP contribution is 2.62. The Balaban J connectivity index is 2.31. The molecule has 106 valence electrons. The lowest BCUT2D eigenvalue weighted by Crippen LogP contribution is -2.30. The average Bonchev–Trinajstić information content (AvgIpc) is 2.71. The molecule has 0 saturated heterocycles. The SMILES string of the molecule is CC1(C)C(NS(=O)(=O)c2ccccc2CO)C1(C)C. The standard InChI is InChI=1S/C14H21NO3S/c1-13(2)12(14(13,3)4)15-19(17,18)11-8-6-5-7-10(11)9-16/h5-8,12,15-16H,9H2,1-4H3. The number of aliphatic hydroxyl groups is 1. The molecule has 2 N–H and O–H groups in total. The Morgan fingerprint density at radius 2 is 1.68 bits per heavy atom. The van der Waals surface area contributed by atoms with E-state index in [0.717, 1.165) is 0 Å². The predicted molar refractivity (Wildman–Crippen MR) is 74.0 cm³/mol. The molecule has 0 aromatic heterocycles. The summed E-state index contributed by atoms with van der Waals surface area (Å²) in [5.74, 6) is 0. The van der Waals surface area contributed by atoms with Gasteiger partial charge in [-0.2, -0.15) is 0 Å². The molecule has 5 heteroatoms. The van der Waals surface area contributed by atoms with Crippen LogP contribution in [0.25, 0.3) is 0 Å². The third-order valence-corrected chi connectivity index (χ3v) is 6.25. The van der Waals surface area contributed by atoms with Crippen LogP contribution < -0.4 is 4.72 Å². The van der Waals surface area contributed by atoms with E-state index in [1.165, 1.54) is 6.07 Å². The van der Waals surface area contributed by atoms with Crippen molar-refractivity contribution in [1.29, 1.82) is 0 Å². The minimum atomic E-state index is -3.59. The third kappa shape index (κ3) is 2.20. The van der Waals surface area contributed by atoms with Crippen molar-refractivity contribution in [3.05, 3.63) is 29.8 Å². The zero-order chi connectivity index (χ0) is 14.5. The van der Waals surface area contributed by atoms with Crippen LogP contribution in [0.3, 0.4) is 0 Å². The van der Waals surface area contributed by atoms with E-state index in [1.807, 2.05) is 0 Å². The number of hydrogen-bond donors (Lipinski definition) is 2. The summed E-state index contributed by atoms with van der Waals surface area (Å²) in [5.41, 5.74) is 0.300. The van der Waals surface area contributed by atoms with Gasteiger partial charge in [-0.1, -0.05) is 45.9 Å². The molecule has 1 aliphatic rings. The number of rotatable bonds is 4. The highest BCUT2D eigenvalue weighted by molar-refractivity contribution is 7.89. The molecule has 0 heterocycles. The highest BCUT2D eigenvalue weighted by Gasteiger charge is 2.66. The summed E-state index contributed by atoms with van der Waals surface area (Å²) in [7, 11) is -3.59. The first-order valence-electron chi connectivity index (χ1n) is 6.35. The lowest BCUT2D eigenvalue weighted by atomic mass is 10.0. The Morgan fingerprint density at radius 3 is 2.16 bits per heavy atom. The summed E-state index contributed by atoms with van der Waals surface area (Å²) in [6.07, 6.45) is 0. The molecular weight excluding hydrogens is 262 g/mol. The predicted octanol–water partition coefficient (Wildman–Crippen LogP) is 1.89. The van der Waals surface area contributed by atoms with Crippen molar-refractivity contribution in [2.24, 2.45) is 10.8 Å². The maximum Gasteiger partial charge on any atom is 0.241 e. The van der Waals surface area contributed by atoms with Gasteiger partial charge in [-0.05, 0) is 22.5 Å². The first kappa shape index (κ1) is 14.5. The first-order valence-corrected chi connectivity index (χ1v) is 7.84. The van der Waals surface area contributed by atoms with Crippen LogP contribution >= 0.6 is 0 Å². The van der Waals surface area contributed by atoms with Gasteiger partial charge in [-0.15, -0.1) is 0 Å². The second-order valence-electron chi connectivity index (χ2n) is 6.26. The van der Waals surface area contributed by atoms with Gasteiger partial charge < -0.3 is 5.11 Å². The van der Waals surface area contributed by atoms with Gasteiger partial charge in [0.2, 0.25) is 10.0 Å². The van der Waals surface area contributed by atoms with Gasteiger partial charge in [0.25, 0.3) is 0 Å². The van der Waals surface area contributed by atoms with Gasteiger partial charge in [-0.3, -0.25) is 0 Å². The molecule has 19 heavy (non-hydrogen) atoms. The summed E-state index contributed by atoms with van der Waals surface area (Å²) in [6, 6.07) is 6.44. The molecule has 0 spiro atoms. The Morgan fingerprint density at radius 1 is 1.16 bits per heavy atom. The van der Waals surface area contributed by atoms with Gasteiger partial charge >= 0.3 is 0 Å². The summed E-state index contributed by atoms with van der Waals surface area (Å²) < 4.78 is 27.6. The molecular formula is C14H21NO3S. The average molecular weight is 283 g/mol. The van der Waals surface area contributed by atoms with Crippen molar-refractivity contribution < 1.29 is 13.5 Å². The van der Waals surface area contributed by atoms with Crippen molar-refractivity contribution >= 4 is 10.0 Å². The number of hydrogen-bond acceptors (Lipinski definition) is 3. The van der Waals surface area contributed by atoms with E-state index in [9.17, 15) is 13.5 Å². The van der Waals surface area contributed by atoms with E-state index in [-0.39, 0.29) is 28.4 Å². The Hall–Kier alpha value is -0.910. The number of sulfonamides is 1. The van der Waals surface area contributed by atoms with Crippen molar-refractivity contribution in [1.82, 2.24) is 4.72 Å². The van der Waals surface area contributed by atoms with Crippen LogP contribution in [0.15, 0.2) is 29.2 Å². The van der Waals surface area contributed by atoms with Gasteiger partial charge in [0.15, 0.2) is 0 Å². The molecule has 1 aromatic rings. The summed E-state index contributed by atoms with van der Waals surface area (Å²) >= 11 is 0. The van der Waals surface area contributed by atoms with Gasteiger partial charge in [0.1, 0.15) is 0 Å². The summed E-state index contributed by atoms with van der Waals surface area (Å²) in [4.78, 5) is 0.163. The summed E-state index contributed by atoms with van der Waals surface area (Å²) in [5, 5.41) is 9.24. The van der Waals surface area contributed by atoms with E-state index in [2.05, 4.69) is 32.4 Å². The van der Waals surface area contributed by atoms with E-state index in [1.54, 1.807) is 18.2 Å². The second-order valence-corrected chi connectivity index (χ2v) is 7.95. The molecule has 0 amide bonds. The van der Waals surface area contributed by atoms with Crippen molar-refractivity contribution in [3.63, 3.8) is 0 Å². The lowest BCUT2D eigenvalue weighted by molar-refractivity contribution is 0.278. The first-order chi connectivity index (χ1) is 8.64. The Kier molecular flexibility index (Phi) is 3.28. The molecule has 2 rings (SSSR count). The zero-order valence-corrected chi connectivity index (χ0v) is 12.6. The fraction of sp³-hybridized carbons (Fsp3) is 0.571. The van der Waals surface area contributed by atoms with Gasteiger partial charge in [0, 0.05) is 6.04 Å². The second kappa shape index (κ2) is 4.30. The highest BCUT2D eigenvalue weighted by atomic mass is 32.2. The monoisotopic (exact) mass is 283 g/mol. The molecule has 1 aliphatic carbocycles. The largest absolute Gasteiger partial charge is 0.392 e. The molecule has 1 saturated carbocycles. The summed E-state index contributed by atoms with van der Waals surface area (Å²) in [6.45, 7) is 7.93. The Labute approximate surface area is 114 Å². The molecule has 0 aliphatic heterocycles. The van der Waals surface area contributed by atoms with Gasteiger partial charge in [0.05, 0.1) is 11.5 Å². The number of benzene rings is 1. The molecule has 1 aromatic carbocycles. The maximum absolute atomic E-state index is 12.4. The normalized spacial score (nSPS) is 21.3. The van der Waals surface area contributed by atoms with Crippen molar-refractivity contribution in [3.8, 4) is 0 Å². The van der Waals surface area contributed by atoms with Crippen LogP contribution in [0, 0.1) is 10.8 Å². The quantitative estimate of drug-likeness (QED) is 0.887. The van der Waals surface area contributed by atoms with E-state index >= 15 is 0 Å². The molecule has 0 atom stereocenters. The number of nitrogens with one attached hydrogen (secondary N) is 1. The van der Waals surface area contributed by atoms with Crippen molar-refractivity contribution in [2.45, 2.75) is 45.2 Å². The molecule has 0 radical (unpaired) electrons. The van der Waals surface area contributed by atoms with E-state index in [4.69, 9.17) is 0 Å². The smallest absolute Gasteiger partial charge is 0.241 e. The van der Waals surface area contributed by atoms with Crippen LogP contribution in [-0.2, 0) is 16.6 Å². The van der Waals surface area contributed by atoms with Crippen molar-refractivity contribution in [2.75, 3.05) is 0 Å². The van der Waals surface area contributed by atoms with Crippen LogP contribution in [0.4, 0.5) is 0 Å². The molecule has 1 fully saturated rings. The molecule has 0 unspecified atom stereocenters.